The molecule has 0 radical (unpaired) electrons. The molecule has 0 saturated carbocycles. The van der Waals surface area contributed by atoms with Crippen LogP contribution < -0.4 is 5.73 Å². The number of rotatable bonds is 2. The van der Waals surface area contributed by atoms with Gasteiger partial charge in [0.1, 0.15) is 0 Å². The summed E-state index contributed by atoms with van der Waals surface area (Å²) >= 11 is 0. The second-order valence-corrected chi connectivity index (χ2v) is 5.81. The molecule has 0 heterocycles. The average molecular weight is 251 g/mol. The highest BCUT2D eigenvalue weighted by atomic mass is 14.7. The zero-order valence-corrected chi connectivity index (χ0v) is 11.7. The fourth-order valence-corrected chi connectivity index (χ4v) is 3.14. The molecule has 0 saturated heterocycles. The normalized spacial score (nSPS) is 21.4. The van der Waals surface area contributed by atoms with E-state index < -0.39 is 0 Å². The van der Waals surface area contributed by atoms with Gasteiger partial charge in [0, 0.05) is 6.04 Å². The molecule has 0 amide bonds. The van der Waals surface area contributed by atoms with Gasteiger partial charge in [0.15, 0.2) is 0 Å². The van der Waals surface area contributed by atoms with Crippen molar-refractivity contribution < 1.29 is 0 Å². The summed E-state index contributed by atoms with van der Waals surface area (Å²) < 4.78 is 0. The monoisotopic (exact) mass is 251 g/mol. The summed E-state index contributed by atoms with van der Waals surface area (Å²) in [7, 11) is 0. The fraction of sp³-hybridized carbons (Fsp3) is 0.333. The zero-order chi connectivity index (χ0) is 13.4. The summed E-state index contributed by atoms with van der Waals surface area (Å²) in [4.78, 5) is 0. The van der Waals surface area contributed by atoms with Crippen LogP contribution in [0.2, 0.25) is 0 Å². The summed E-state index contributed by atoms with van der Waals surface area (Å²) in [5, 5.41) is 0. The number of benzene rings is 2. The van der Waals surface area contributed by atoms with Crippen molar-refractivity contribution in [1.82, 2.24) is 0 Å². The first-order valence-corrected chi connectivity index (χ1v) is 7.04. The van der Waals surface area contributed by atoms with Crippen LogP contribution in [0.3, 0.4) is 0 Å². The summed E-state index contributed by atoms with van der Waals surface area (Å²) in [5.41, 5.74) is 13.3. The van der Waals surface area contributed by atoms with Crippen molar-refractivity contribution in [3.05, 3.63) is 70.3 Å². The Balaban J connectivity index is 1.80. The van der Waals surface area contributed by atoms with Crippen LogP contribution in [-0.2, 0) is 12.8 Å². The molecule has 2 atom stereocenters. The lowest BCUT2D eigenvalue weighted by molar-refractivity contribution is 0.465. The topological polar surface area (TPSA) is 26.0 Å². The molecule has 1 aliphatic carbocycles. The van der Waals surface area contributed by atoms with Crippen LogP contribution in [-0.4, -0.2) is 0 Å². The second-order valence-electron chi connectivity index (χ2n) is 5.81. The van der Waals surface area contributed by atoms with E-state index in [0.29, 0.717) is 5.92 Å². The van der Waals surface area contributed by atoms with Gasteiger partial charge in [-0.05, 0) is 60.4 Å². The van der Waals surface area contributed by atoms with Gasteiger partial charge in [-0.25, -0.2) is 0 Å². The molecule has 2 aromatic rings. The number of nitrogens with two attached hydrogens (primary N) is 1. The van der Waals surface area contributed by atoms with E-state index >= 15 is 0 Å². The number of aryl methyl sites for hydroxylation is 2. The van der Waals surface area contributed by atoms with E-state index in [1.807, 2.05) is 0 Å². The molecule has 0 aliphatic heterocycles. The SMILES string of the molecule is Cc1ccc(CC2Cc3ccccc3C2N)cc1C. The Morgan fingerprint density at radius 2 is 1.84 bits per heavy atom. The Morgan fingerprint density at radius 3 is 2.58 bits per heavy atom. The van der Waals surface area contributed by atoms with E-state index in [4.69, 9.17) is 5.73 Å². The van der Waals surface area contributed by atoms with Gasteiger partial charge in [0.25, 0.3) is 0 Å². The zero-order valence-electron chi connectivity index (χ0n) is 11.7. The van der Waals surface area contributed by atoms with Crippen LogP contribution in [0.15, 0.2) is 42.5 Å². The minimum absolute atomic E-state index is 0.192. The minimum Gasteiger partial charge on any atom is -0.324 e. The highest BCUT2D eigenvalue weighted by Gasteiger charge is 2.29. The van der Waals surface area contributed by atoms with Gasteiger partial charge in [-0.3, -0.25) is 0 Å². The van der Waals surface area contributed by atoms with Crippen LogP contribution in [0.25, 0.3) is 0 Å². The van der Waals surface area contributed by atoms with Gasteiger partial charge >= 0.3 is 0 Å². The Morgan fingerprint density at radius 1 is 1.05 bits per heavy atom. The maximum Gasteiger partial charge on any atom is 0.0332 e. The van der Waals surface area contributed by atoms with Gasteiger partial charge in [0.2, 0.25) is 0 Å². The van der Waals surface area contributed by atoms with E-state index in [9.17, 15) is 0 Å². The predicted octanol–water partition coefficient (Wildman–Crippen LogP) is 3.72. The van der Waals surface area contributed by atoms with Crippen molar-refractivity contribution in [2.45, 2.75) is 32.7 Å². The number of fused-ring (bicyclic) bond motifs is 1. The highest BCUT2D eigenvalue weighted by Crippen LogP contribution is 2.36. The van der Waals surface area contributed by atoms with Gasteiger partial charge in [-0.1, -0.05) is 42.5 Å². The lowest BCUT2D eigenvalue weighted by atomic mass is 9.92. The Kier molecular flexibility index (Phi) is 3.16. The number of hydrogen-bond acceptors (Lipinski definition) is 1. The molecular formula is C18H21N. The van der Waals surface area contributed by atoms with Crippen molar-refractivity contribution in [2.24, 2.45) is 11.7 Å². The average Bonchev–Trinajstić information content (AvgIpc) is 2.72. The summed E-state index contributed by atoms with van der Waals surface area (Å²) in [6.07, 6.45) is 2.20. The molecule has 98 valence electrons. The summed E-state index contributed by atoms with van der Waals surface area (Å²) in [6, 6.07) is 15.6. The van der Waals surface area contributed by atoms with Crippen molar-refractivity contribution >= 4 is 0 Å². The van der Waals surface area contributed by atoms with E-state index in [1.54, 1.807) is 0 Å². The van der Waals surface area contributed by atoms with Gasteiger partial charge in [-0.2, -0.15) is 0 Å². The van der Waals surface area contributed by atoms with Gasteiger partial charge in [-0.15, -0.1) is 0 Å². The first-order chi connectivity index (χ1) is 9.15. The predicted molar refractivity (Wildman–Crippen MR) is 80.2 cm³/mol. The van der Waals surface area contributed by atoms with E-state index in [-0.39, 0.29) is 6.04 Å². The second kappa shape index (κ2) is 4.82. The third-order valence-corrected chi connectivity index (χ3v) is 4.47. The summed E-state index contributed by atoms with van der Waals surface area (Å²) in [6.45, 7) is 4.35. The maximum absolute atomic E-state index is 6.41. The first kappa shape index (κ1) is 12.4. The van der Waals surface area contributed by atoms with Crippen molar-refractivity contribution in [3.8, 4) is 0 Å². The van der Waals surface area contributed by atoms with Gasteiger partial charge < -0.3 is 5.73 Å². The smallest absolute Gasteiger partial charge is 0.0332 e. The molecule has 0 spiro atoms. The molecule has 1 heteroatoms. The van der Waals surface area contributed by atoms with Crippen LogP contribution in [0.1, 0.15) is 33.9 Å². The Hall–Kier alpha value is -1.60. The molecule has 1 nitrogen and oxygen atoms in total. The molecule has 1 aliphatic rings. The molecule has 2 aromatic carbocycles. The minimum atomic E-state index is 0.192. The van der Waals surface area contributed by atoms with E-state index in [2.05, 4.69) is 56.3 Å². The lowest BCUT2D eigenvalue weighted by Crippen LogP contribution is -2.19. The fourth-order valence-electron chi connectivity index (χ4n) is 3.14. The third kappa shape index (κ3) is 2.31. The standard InChI is InChI=1S/C18H21N/c1-12-7-8-14(9-13(12)2)10-16-11-15-5-3-4-6-17(15)18(16)19/h3-9,16,18H,10-11,19H2,1-2H3. The Bertz CT molecular complexity index is 600. The van der Waals surface area contributed by atoms with Crippen LogP contribution in [0.5, 0.6) is 0 Å². The Labute approximate surface area is 115 Å². The molecule has 0 bridgehead atoms. The van der Waals surface area contributed by atoms with Gasteiger partial charge in [0.05, 0.1) is 0 Å². The van der Waals surface area contributed by atoms with E-state index in [1.165, 1.54) is 27.8 Å². The van der Waals surface area contributed by atoms with Crippen molar-refractivity contribution in [1.29, 1.82) is 0 Å². The molecule has 3 rings (SSSR count). The molecule has 2 N–H and O–H groups in total. The van der Waals surface area contributed by atoms with Crippen molar-refractivity contribution in [2.75, 3.05) is 0 Å². The molecule has 0 fully saturated rings. The lowest BCUT2D eigenvalue weighted by Gasteiger charge is -2.16. The van der Waals surface area contributed by atoms with Crippen molar-refractivity contribution in [3.63, 3.8) is 0 Å². The highest BCUT2D eigenvalue weighted by molar-refractivity contribution is 5.37. The van der Waals surface area contributed by atoms with E-state index in [0.717, 1.165) is 12.8 Å². The maximum atomic E-state index is 6.41. The van der Waals surface area contributed by atoms with Crippen LogP contribution in [0.4, 0.5) is 0 Å². The largest absolute Gasteiger partial charge is 0.324 e. The molecule has 2 unspecified atom stereocenters. The van der Waals surface area contributed by atoms with Crippen LogP contribution in [0, 0.1) is 19.8 Å². The molecular weight excluding hydrogens is 230 g/mol. The third-order valence-electron chi connectivity index (χ3n) is 4.47. The first-order valence-electron chi connectivity index (χ1n) is 7.04. The quantitative estimate of drug-likeness (QED) is 0.865. The number of hydrogen-bond donors (Lipinski definition) is 1. The summed E-state index contributed by atoms with van der Waals surface area (Å²) in [5.74, 6) is 0.541. The molecule has 19 heavy (non-hydrogen) atoms. The van der Waals surface area contributed by atoms with Crippen LogP contribution >= 0.6 is 0 Å². The molecule has 0 aromatic heterocycles.